The molecule has 1 saturated heterocycles. The third-order valence-electron chi connectivity index (χ3n) is 3.79. The van der Waals surface area contributed by atoms with E-state index in [1.165, 1.54) is 12.1 Å². The van der Waals surface area contributed by atoms with Crippen molar-refractivity contribution in [3.8, 4) is 17.5 Å². The van der Waals surface area contributed by atoms with Gasteiger partial charge in [0.25, 0.3) is 5.91 Å². The highest BCUT2D eigenvalue weighted by Crippen LogP contribution is 2.30. The van der Waals surface area contributed by atoms with E-state index in [1.54, 1.807) is 27.8 Å². The van der Waals surface area contributed by atoms with Crippen LogP contribution in [0.5, 0.6) is 0 Å². The SMILES string of the molecule is N#CN1CC[C@@H](n2nc(C(N)=O)cc2-c2ccccc2F)C1. The van der Waals surface area contributed by atoms with Gasteiger partial charge in [-0.15, -0.1) is 0 Å². The molecule has 0 spiro atoms. The number of primary amides is 1. The van der Waals surface area contributed by atoms with Gasteiger partial charge < -0.3 is 10.6 Å². The molecule has 2 aromatic rings. The maximum atomic E-state index is 14.1. The summed E-state index contributed by atoms with van der Waals surface area (Å²) in [6.07, 6.45) is 2.79. The zero-order chi connectivity index (χ0) is 15.7. The van der Waals surface area contributed by atoms with Crippen molar-refractivity contribution >= 4 is 5.91 Å². The maximum Gasteiger partial charge on any atom is 0.269 e. The lowest BCUT2D eigenvalue weighted by atomic mass is 10.1. The van der Waals surface area contributed by atoms with E-state index in [1.807, 2.05) is 0 Å². The third-order valence-corrected chi connectivity index (χ3v) is 3.79. The maximum absolute atomic E-state index is 14.1. The number of hydrogen-bond acceptors (Lipinski definition) is 4. The molecule has 1 aromatic heterocycles. The molecule has 1 fully saturated rings. The number of likely N-dealkylation sites (tertiary alicyclic amines) is 1. The van der Waals surface area contributed by atoms with Crippen LogP contribution < -0.4 is 5.73 Å². The third kappa shape index (κ3) is 2.39. The minimum atomic E-state index is -0.661. The number of amides is 1. The summed E-state index contributed by atoms with van der Waals surface area (Å²) in [7, 11) is 0. The summed E-state index contributed by atoms with van der Waals surface area (Å²) in [6.45, 7) is 1.10. The van der Waals surface area contributed by atoms with E-state index in [9.17, 15) is 9.18 Å². The van der Waals surface area contributed by atoms with Crippen molar-refractivity contribution in [3.05, 3.63) is 41.8 Å². The Labute approximate surface area is 126 Å². The molecular formula is C15H14FN5O. The highest BCUT2D eigenvalue weighted by Gasteiger charge is 2.27. The Balaban J connectivity index is 2.08. The number of carbonyl (C=O) groups is 1. The van der Waals surface area contributed by atoms with Crippen LogP contribution in [-0.4, -0.2) is 33.7 Å². The summed E-state index contributed by atoms with van der Waals surface area (Å²) in [5.74, 6) is -1.05. The molecule has 0 aliphatic carbocycles. The molecule has 7 heteroatoms. The first kappa shape index (κ1) is 14.1. The highest BCUT2D eigenvalue weighted by molar-refractivity contribution is 5.92. The van der Waals surface area contributed by atoms with Crippen LogP contribution >= 0.6 is 0 Å². The van der Waals surface area contributed by atoms with Gasteiger partial charge in [-0.25, -0.2) is 4.39 Å². The van der Waals surface area contributed by atoms with E-state index < -0.39 is 11.7 Å². The lowest BCUT2D eigenvalue weighted by Crippen LogP contribution is -2.18. The van der Waals surface area contributed by atoms with E-state index in [4.69, 9.17) is 11.0 Å². The quantitative estimate of drug-likeness (QED) is 0.870. The van der Waals surface area contributed by atoms with E-state index >= 15 is 0 Å². The molecule has 2 heterocycles. The Morgan fingerprint density at radius 1 is 1.45 bits per heavy atom. The Morgan fingerprint density at radius 3 is 2.86 bits per heavy atom. The number of aromatic nitrogens is 2. The highest BCUT2D eigenvalue weighted by atomic mass is 19.1. The number of halogens is 1. The van der Waals surface area contributed by atoms with Crippen molar-refractivity contribution in [3.63, 3.8) is 0 Å². The van der Waals surface area contributed by atoms with Crippen LogP contribution in [0.3, 0.4) is 0 Å². The Kier molecular flexibility index (Phi) is 3.51. The average Bonchev–Trinajstić information content (AvgIpc) is 3.14. The molecule has 0 unspecified atom stereocenters. The van der Waals surface area contributed by atoms with Gasteiger partial charge >= 0.3 is 0 Å². The second-order valence-corrected chi connectivity index (χ2v) is 5.19. The lowest BCUT2D eigenvalue weighted by Gasteiger charge is -2.14. The number of benzene rings is 1. The fourth-order valence-corrected chi connectivity index (χ4v) is 2.70. The lowest BCUT2D eigenvalue weighted by molar-refractivity contribution is 0.0994. The monoisotopic (exact) mass is 299 g/mol. The zero-order valence-electron chi connectivity index (χ0n) is 11.7. The van der Waals surface area contributed by atoms with E-state index in [2.05, 4.69) is 11.3 Å². The minimum Gasteiger partial charge on any atom is -0.364 e. The number of nitrogens with zero attached hydrogens (tertiary/aromatic N) is 4. The van der Waals surface area contributed by atoms with Crippen LogP contribution in [0.4, 0.5) is 4.39 Å². The first-order valence-electron chi connectivity index (χ1n) is 6.89. The molecule has 1 atom stereocenters. The summed E-state index contributed by atoms with van der Waals surface area (Å²) >= 11 is 0. The molecule has 0 radical (unpaired) electrons. The van der Waals surface area contributed by atoms with Crippen LogP contribution in [-0.2, 0) is 0 Å². The van der Waals surface area contributed by atoms with Gasteiger partial charge in [-0.05, 0) is 24.6 Å². The van der Waals surface area contributed by atoms with Gasteiger partial charge in [-0.1, -0.05) is 12.1 Å². The van der Waals surface area contributed by atoms with Gasteiger partial charge in [0.1, 0.15) is 5.82 Å². The van der Waals surface area contributed by atoms with Gasteiger partial charge in [0.15, 0.2) is 11.9 Å². The second-order valence-electron chi connectivity index (χ2n) is 5.19. The van der Waals surface area contributed by atoms with Crippen molar-refractivity contribution in [2.75, 3.05) is 13.1 Å². The zero-order valence-corrected chi connectivity index (χ0v) is 11.7. The summed E-state index contributed by atoms with van der Waals surface area (Å²) in [5.41, 5.74) is 6.24. The van der Waals surface area contributed by atoms with E-state index in [0.29, 0.717) is 30.8 Å². The predicted molar refractivity (Wildman–Crippen MR) is 77.0 cm³/mol. The smallest absolute Gasteiger partial charge is 0.269 e. The van der Waals surface area contributed by atoms with Crippen LogP contribution in [0.1, 0.15) is 23.0 Å². The van der Waals surface area contributed by atoms with Crippen molar-refractivity contribution in [2.24, 2.45) is 5.73 Å². The van der Waals surface area contributed by atoms with Crippen LogP contribution in [0.2, 0.25) is 0 Å². The Hall–Kier alpha value is -2.88. The summed E-state index contributed by atoms with van der Waals surface area (Å²) in [4.78, 5) is 13.0. The van der Waals surface area contributed by atoms with E-state index in [0.717, 1.165) is 0 Å². The van der Waals surface area contributed by atoms with Crippen molar-refractivity contribution in [1.82, 2.24) is 14.7 Å². The molecule has 3 rings (SSSR count). The van der Waals surface area contributed by atoms with E-state index in [-0.39, 0.29) is 11.7 Å². The van der Waals surface area contributed by atoms with Crippen LogP contribution in [0, 0.1) is 17.3 Å². The van der Waals surface area contributed by atoms with Gasteiger partial charge in [0, 0.05) is 12.1 Å². The first-order chi connectivity index (χ1) is 10.6. The molecule has 112 valence electrons. The number of carbonyl (C=O) groups excluding carboxylic acids is 1. The molecule has 1 amide bonds. The number of nitriles is 1. The van der Waals surface area contributed by atoms with Crippen LogP contribution in [0.25, 0.3) is 11.3 Å². The predicted octanol–water partition coefficient (Wildman–Crippen LogP) is 1.52. The Morgan fingerprint density at radius 2 is 2.23 bits per heavy atom. The van der Waals surface area contributed by atoms with Crippen molar-refractivity contribution in [2.45, 2.75) is 12.5 Å². The molecule has 2 N–H and O–H groups in total. The molecule has 1 aliphatic heterocycles. The number of nitrogens with two attached hydrogens (primary N) is 1. The summed E-state index contributed by atoms with van der Waals surface area (Å²) in [5, 5.41) is 13.2. The number of hydrogen-bond donors (Lipinski definition) is 1. The fraction of sp³-hybridized carbons (Fsp3) is 0.267. The van der Waals surface area contributed by atoms with Crippen molar-refractivity contribution in [1.29, 1.82) is 5.26 Å². The molecule has 0 saturated carbocycles. The molecule has 6 nitrogen and oxygen atoms in total. The average molecular weight is 299 g/mol. The van der Waals surface area contributed by atoms with Gasteiger partial charge in [0.05, 0.1) is 18.3 Å². The minimum absolute atomic E-state index is 0.0914. The normalized spacial score (nSPS) is 17.5. The molecule has 0 bridgehead atoms. The van der Waals surface area contributed by atoms with Gasteiger partial charge in [-0.3, -0.25) is 9.48 Å². The second kappa shape index (κ2) is 5.48. The topological polar surface area (TPSA) is 87.9 Å². The van der Waals surface area contributed by atoms with Gasteiger partial charge in [-0.2, -0.15) is 10.4 Å². The summed E-state index contributed by atoms with van der Waals surface area (Å²) < 4.78 is 15.7. The largest absolute Gasteiger partial charge is 0.364 e. The standard InChI is InChI=1S/C15H14FN5O/c16-12-4-2-1-3-11(12)14-7-13(15(18)22)19-21(14)10-5-6-20(8-10)9-17/h1-4,7,10H,5-6,8H2,(H2,18,22)/t10-/m1/s1. The first-order valence-corrected chi connectivity index (χ1v) is 6.89. The van der Waals surface area contributed by atoms with Crippen molar-refractivity contribution < 1.29 is 9.18 Å². The molecule has 1 aromatic carbocycles. The molecular weight excluding hydrogens is 285 g/mol. The fourth-order valence-electron chi connectivity index (χ4n) is 2.70. The summed E-state index contributed by atoms with van der Waals surface area (Å²) in [6, 6.07) is 7.70. The number of rotatable bonds is 3. The molecule has 22 heavy (non-hydrogen) atoms. The Bertz CT molecular complexity index is 764. The van der Waals surface area contributed by atoms with Crippen LogP contribution in [0.15, 0.2) is 30.3 Å². The van der Waals surface area contributed by atoms with Gasteiger partial charge in [0.2, 0.25) is 0 Å². The molecule has 1 aliphatic rings.